The Bertz CT molecular complexity index is 658. The fourth-order valence-electron chi connectivity index (χ4n) is 3.68. The molecule has 0 aliphatic carbocycles. The topological polar surface area (TPSA) is 32.7 Å². The van der Waals surface area contributed by atoms with Gasteiger partial charge < -0.3 is 9.84 Å². The second-order valence-electron chi connectivity index (χ2n) is 6.89. The van der Waals surface area contributed by atoms with Crippen LogP contribution in [0.25, 0.3) is 11.1 Å². The first-order valence-corrected chi connectivity index (χ1v) is 9.41. The maximum Gasteiger partial charge on any atom is 0.122 e. The normalized spacial score (nSPS) is 17.3. The van der Waals surface area contributed by atoms with Crippen LogP contribution in [0, 0.1) is 0 Å². The van der Waals surface area contributed by atoms with E-state index in [-0.39, 0.29) is 12.4 Å². The van der Waals surface area contributed by atoms with Crippen molar-refractivity contribution >= 4 is 12.4 Å². The summed E-state index contributed by atoms with van der Waals surface area (Å²) in [6, 6.07) is 18.9. The number of benzene rings is 2. The van der Waals surface area contributed by atoms with Crippen LogP contribution in [0.3, 0.4) is 0 Å². The zero-order valence-electron chi connectivity index (χ0n) is 15.6. The molecule has 2 aromatic carbocycles. The van der Waals surface area contributed by atoms with Crippen molar-refractivity contribution in [3.8, 4) is 11.1 Å². The molecule has 26 heavy (non-hydrogen) atoms. The molecule has 1 saturated heterocycles. The van der Waals surface area contributed by atoms with Gasteiger partial charge in [0.15, 0.2) is 0 Å². The number of unbranched alkanes of at least 4 members (excludes halogenated alkanes) is 1. The van der Waals surface area contributed by atoms with Gasteiger partial charge in [-0.1, -0.05) is 67.9 Å². The van der Waals surface area contributed by atoms with E-state index in [4.69, 9.17) is 4.74 Å². The van der Waals surface area contributed by atoms with Crippen LogP contribution in [0.15, 0.2) is 54.6 Å². The third-order valence-electron chi connectivity index (χ3n) is 5.11. The predicted octanol–water partition coefficient (Wildman–Crippen LogP) is 4.53. The summed E-state index contributed by atoms with van der Waals surface area (Å²) < 4.78 is 5.49. The van der Waals surface area contributed by atoms with Crippen LogP contribution in [0.4, 0.5) is 0 Å². The maximum absolute atomic E-state index is 11.6. The Kier molecular flexibility index (Phi) is 8.11. The van der Waals surface area contributed by atoms with Crippen molar-refractivity contribution in [3.63, 3.8) is 0 Å². The standard InChI is InChI=1S/C22H29NO2.ClH/c1-2-3-13-22(24,23-14-16-25-17-15-23)18-20-11-7-8-12-21(20)19-9-5-4-6-10-19;/h4-12,24H,2-3,13-18H2,1H3;1H. The van der Waals surface area contributed by atoms with Crippen LogP contribution < -0.4 is 0 Å². The van der Waals surface area contributed by atoms with Crippen molar-refractivity contribution in [2.75, 3.05) is 26.3 Å². The first-order valence-electron chi connectivity index (χ1n) is 9.41. The molecule has 4 heteroatoms. The molecule has 3 nitrogen and oxygen atoms in total. The molecule has 0 radical (unpaired) electrons. The van der Waals surface area contributed by atoms with Gasteiger partial charge in [0.25, 0.3) is 0 Å². The van der Waals surface area contributed by atoms with Gasteiger partial charge in [-0.3, -0.25) is 4.90 Å². The van der Waals surface area contributed by atoms with E-state index in [9.17, 15) is 5.11 Å². The first kappa shape index (κ1) is 20.9. The van der Waals surface area contributed by atoms with Crippen molar-refractivity contribution in [1.82, 2.24) is 4.90 Å². The highest BCUT2D eigenvalue weighted by atomic mass is 35.5. The highest BCUT2D eigenvalue weighted by Crippen LogP contribution is 2.31. The molecule has 1 aliphatic heterocycles. The van der Waals surface area contributed by atoms with E-state index in [2.05, 4.69) is 60.4 Å². The average Bonchev–Trinajstić information content (AvgIpc) is 2.68. The van der Waals surface area contributed by atoms with Crippen LogP contribution in [-0.2, 0) is 11.2 Å². The van der Waals surface area contributed by atoms with E-state index in [1.54, 1.807) is 0 Å². The van der Waals surface area contributed by atoms with Gasteiger partial charge in [0.1, 0.15) is 5.72 Å². The van der Waals surface area contributed by atoms with Gasteiger partial charge >= 0.3 is 0 Å². The minimum atomic E-state index is -0.801. The van der Waals surface area contributed by atoms with Crippen molar-refractivity contribution in [3.05, 3.63) is 60.2 Å². The molecule has 0 bridgehead atoms. The fourth-order valence-corrected chi connectivity index (χ4v) is 3.68. The van der Waals surface area contributed by atoms with E-state index in [0.29, 0.717) is 19.6 Å². The molecule has 1 N–H and O–H groups in total. The molecule has 0 saturated carbocycles. The quantitative estimate of drug-likeness (QED) is 0.771. The lowest BCUT2D eigenvalue weighted by Gasteiger charge is -2.42. The molecule has 2 aromatic rings. The Morgan fingerprint density at radius 2 is 1.65 bits per heavy atom. The fraction of sp³-hybridized carbons (Fsp3) is 0.455. The third-order valence-corrected chi connectivity index (χ3v) is 5.11. The molecular formula is C22H30ClNO2. The van der Waals surface area contributed by atoms with E-state index in [1.165, 1.54) is 16.7 Å². The van der Waals surface area contributed by atoms with Gasteiger partial charge in [0.05, 0.1) is 13.2 Å². The summed E-state index contributed by atoms with van der Waals surface area (Å²) in [5, 5.41) is 11.6. The van der Waals surface area contributed by atoms with Crippen molar-refractivity contribution < 1.29 is 9.84 Å². The second-order valence-corrected chi connectivity index (χ2v) is 6.89. The van der Waals surface area contributed by atoms with Crippen LogP contribution in [-0.4, -0.2) is 42.0 Å². The highest BCUT2D eigenvalue weighted by Gasteiger charge is 2.35. The van der Waals surface area contributed by atoms with E-state index < -0.39 is 5.72 Å². The molecule has 0 amide bonds. The third kappa shape index (κ3) is 5.08. The van der Waals surface area contributed by atoms with Crippen molar-refractivity contribution in [2.24, 2.45) is 0 Å². The molecule has 142 valence electrons. The monoisotopic (exact) mass is 375 g/mol. The lowest BCUT2D eigenvalue weighted by molar-refractivity contribution is -0.145. The molecule has 1 heterocycles. The Morgan fingerprint density at radius 3 is 2.35 bits per heavy atom. The first-order chi connectivity index (χ1) is 12.2. The van der Waals surface area contributed by atoms with Crippen LogP contribution >= 0.6 is 12.4 Å². The van der Waals surface area contributed by atoms with Gasteiger partial charge in [0.2, 0.25) is 0 Å². The molecule has 0 aromatic heterocycles. The van der Waals surface area contributed by atoms with Gasteiger partial charge in [-0.15, -0.1) is 12.4 Å². The van der Waals surface area contributed by atoms with E-state index >= 15 is 0 Å². The number of aliphatic hydroxyl groups is 1. The molecule has 1 unspecified atom stereocenters. The zero-order valence-corrected chi connectivity index (χ0v) is 16.4. The maximum atomic E-state index is 11.6. The lowest BCUT2D eigenvalue weighted by Crippen LogP contribution is -2.54. The van der Waals surface area contributed by atoms with Gasteiger partial charge in [-0.05, 0) is 29.5 Å². The lowest BCUT2D eigenvalue weighted by atomic mass is 9.90. The Labute approximate surface area is 163 Å². The molecule has 1 aliphatic rings. The smallest absolute Gasteiger partial charge is 0.122 e. The largest absolute Gasteiger partial charge is 0.379 e. The number of halogens is 1. The SMILES string of the molecule is CCCCC(O)(Cc1ccccc1-c1ccccc1)N1CCOCC1.Cl. The van der Waals surface area contributed by atoms with Gasteiger partial charge in [-0.2, -0.15) is 0 Å². The number of ether oxygens (including phenoxy) is 1. The van der Waals surface area contributed by atoms with Crippen LogP contribution in [0.2, 0.25) is 0 Å². The number of morpholine rings is 1. The molecule has 1 atom stereocenters. The summed E-state index contributed by atoms with van der Waals surface area (Å²) in [7, 11) is 0. The van der Waals surface area contributed by atoms with Crippen molar-refractivity contribution in [1.29, 1.82) is 0 Å². The van der Waals surface area contributed by atoms with Crippen LogP contribution in [0.5, 0.6) is 0 Å². The Hall–Kier alpha value is -1.39. The predicted molar refractivity (Wildman–Crippen MR) is 110 cm³/mol. The molecule has 1 fully saturated rings. The van der Waals surface area contributed by atoms with Gasteiger partial charge in [0, 0.05) is 19.5 Å². The molecular weight excluding hydrogens is 346 g/mol. The highest BCUT2D eigenvalue weighted by molar-refractivity contribution is 5.85. The van der Waals surface area contributed by atoms with E-state index in [1.807, 2.05) is 6.07 Å². The summed E-state index contributed by atoms with van der Waals surface area (Å²) in [6.07, 6.45) is 3.57. The zero-order chi connectivity index (χ0) is 17.5. The molecule has 3 rings (SSSR count). The summed E-state index contributed by atoms with van der Waals surface area (Å²) in [6.45, 7) is 5.18. The van der Waals surface area contributed by atoms with Gasteiger partial charge in [-0.25, -0.2) is 0 Å². The number of nitrogens with zero attached hydrogens (tertiary/aromatic N) is 1. The van der Waals surface area contributed by atoms with Crippen molar-refractivity contribution in [2.45, 2.75) is 38.3 Å². The van der Waals surface area contributed by atoms with Crippen LogP contribution in [0.1, 0.15) is 31.7 Å². The molecule has 0 spiro atoms. The summed E-state index contributed by atoms with van der Waals surface area (Å²) >= 11 is 0. The average molecular weight is 376 g/mol. The Morgan fingerprint density at radius 1 is 1.00 bits per heavy atom. The number of rotatable bonds is 7. The minimum absolute atomic E-state index is 0. The summed E-state index contributed by atoms with van der Waals surface area (Å²) in [4.78, 5) is 2.22. The summed E-state index contributed by atoms with van der Waals surface area (Å²) in [5.74, 6) is 0. The summed E-state index contributed by atoms with van der Waals surface area (Å²) in [5.41, 5.74) is 2.83. The minimum Gasteiger partial charge on any atom is -0.379 e. The second kappa shape index (κ2) is 10.1. The van der Waals surface area contributed by atoms with E-state index in [0.717, 1.165) is 32.4 Å². The number of hydrogen-bond acceptors (Lipinski definition) is 3. The number of hydrogen-bond donors (Lipinski definition) is 1. The Balaban J connectivity index is 0.00000243.